The summed E-state index contributed by atoms with van der Waals surface area (Å²) < 4.78 is 5.25. The summed E-state index contributed by atoms with van der Waals surface area (Å²) >= 11 is 5.87. The van der Waals surface area contributed by atoms with E-state index in [0.717, 1.165) is 5.56 Å². The third kappa shape index (κ3) is 2.95. The van der Waals surface area contributed by atoms with Gasteiger partial charge in [-0.1, -0.05) is 30.7 Å². The molecule has 0 aliphatic carbocycles. The summed E-state index contributed by atoms with van der Waals surface area (Å²) in [5.74, 6) is -1.25. The molecule has 0 saturated carbocycles. The average Bonchev–Trinajstić information content (AvgIpc) is 2.46. The summed E-state index contributed by atoms with van der Waals surface area (Å²) in [6.07, 6.45) is 0. The highest BCUT2D eigenvalue weighted by atomic mass is 35.5. The van der Waals surface area contributed by atoms with E-state index >= 15 is 0 Å². The number of hydrogen-bond acceptors (Lipinski definition) is 3. The van der Waals surface area contributed by atoms with Gasteiger partial charge in [0.15, 0.2) is 0 Å². The van der Waals surface area contributed by atoms with Crippen molar-refractivity contribution >= 4 is 17.6 Å². The standard InChI is InChI=1S/C16H15ClO4/c1-9(10-3-5-11(17)6-4-10)14-13(21-2)8-7-12(15(14)18)16(19)20/h3-9,18H,1-2H3,(H,19,20). The molecule has 0 spiro atoms. The third-order valence-corrected chi connectivity index (χ3v) is 3.68. The van der Waals surface area contributed by atoms with E-state index in [4.69, 9.17) is 21.4 Å². The van der Waals surface area contributed by atoms with Crippen LogP contribution in [0.2, 0.25) is 5.02 Å². The number of methoxy groups -OCH3 is 1. The maximum atomic E-state index is 11.2. The average molecular weight is 307 g/mol. The Morgan fingerprint density at radius 2 is 1.81 bits per heavy atom. The van der Waals surface area contributed by atoms with Crippen LogP contribution >= 0.6 is 11.6 Å². The molecule has 1 unspecified atom stereocenters. The van der Waals surface area contributed by atoms with Crippen molar-refractivity contribution in [3.05, 3.63) is 58.1 Å². The van der Waals surface area contributed by atoms with Crippen LogP contribution in [0.3, 0.4) is 0 Å². The molecule has 2 N–H and O–H groups in total. The Balaban J connectivity index is 2.57. The van der Waals surface area contributed by atoms with Crippen molar-refractivity contribution in [2.45, 2.75) is 12.8 Å². The molecular formula is C16H15ClO4. The van der Waals surface area contributed by atoms with Gasteiger partial charge >= 0.3 is 5.97 Å². The van der Waals surface area contributed by atoms with Gasteiger partial charge in [-0.3, -0.25) is 0 Å². The first-order chi connectivity index (χ1) is 9.95. The van der Waals surface area contributed by atoms with Crippen LogP contribution in [0.15, 0.2) is 36.4 Å². The van der Waals surface area contributed by atoms with E-state index in [0.29, 0.717) is 16.3 Å². The first-order valence-electron chi connectivity index (χ1n) is 6.34. The number of hydrogen-bond donors (Lipinski definition) is 2. The van der Waals surface area contributed by atoms with Crippen LogP contribution in [0.5, 0.6) is 11.5 Å². The van der Waals surface area contributed by atoms with Crippen LogP contribution in [0.1, 0.15) is 34.3 Å². The summed E-state index contributed by atoms with van der Waals surface area (Å²) in [6, 6.07) is 10.0. The number of aromatic carboxylic acids is 1. The largest absolute Gasteiger partial charge is 0.507 e. The van der Waals surface area contributed by atoms with Gasteiger partial charge in [0, 0.05) is 16.5 Å². The molecule has 110 valence electrons. The van der Waals surface area contributed by atoms with Crippen molar-refractivity contribution in [3.8, 4) is 11.5 Å². The van der Waals surface area contributed by atoms with E-state index in [9.17, 15) is 9.90 Å². The highest BCUT2D eigenvalue weighted by molar-refractivity contribution is 6.30. The van der Waals surface area contributed by atoms with Crippen LogP contribution in [0.25, 0.3) is 0 Å². The Hall–Kier alpha value is -2.20. The second-order valence-corrected chi connectivity index (χ2v) is 5.09. The Kier molecular flexibility index (Phi) is 4.38. The second-order valence-electron chi connectivity index (χ2n) is 4.66. The van der Waals surface area contributed by atoms with Gasteiger partial charge in [0.25, 0.3) is 0 Å². The number of carboxylic acids is 1. The predicted molar refractivity (Wildman–Crippen MR) is 80.6 cm³/mol. The summed E-state index contributed by atoms with van der Waals surface area (Å²) in [7, 11) is 1.48. The number of benzene rings is 2. The predicted octanol–water partition coefficient (Wildman–Crippen LogP) is 3.90. The number of ether oxygens (including phenoxy) is 1. The molecule has 1 atom stereocenters. The molecule has 5 heteroatoms. The molecule has 0 aliphatic heterocycles. The minimum absolute atomic E-state index is 0.147. The summed E-state index contributed by atoms with van der Waals surface area (Å²) in [5, 5.41) is 20.0. The van der Waals surface area contributed by atoms with Gasteiger partial charge in [-0.15, -0.1) is 0 Å². The number of rotatable bonds is 4. The molecule has 2 rings (SSSR count). The minimum atomic E-state index is -1.18. The van der Waals surface area contributed by atoms with Crippen molar-refractivity contribution in [2.24, 2.45) is 0 Å². The number of halogens is 1. The molecular weight excluding hydrogens is 292 g/mol. The molecule has 2 aromatic rings. The quantitative estimate of drug-likeness (QED) is 0.899. The highest BCUT2D eigenvalue weighted by Gasteiger charge is 2.23. The lowest BCUT2D eigenvalue weighted by Crippen LogP contribution is -2.05. The Morgan fingerprint density at radius 3 is 2.33 bits per heavy atom. The summed E-state index contributed by atoms with van der Waals surface area (Å²) in [5.41, 5.74) is 1.20. The van der Waals surface area contributed by atoms with Gasteiger partial charge in [0.2, 0.25) is 0 Å². The van der Waals surface area contributed by atoms with Crippen molar-refractivity contribution in [1.29, 1.82) is 0 Å². The lowest BCUT2D eigenvalue weighted by molar-refractivity contribution is 0.0693. The second kappa shape index (κ2) is 6.06. The molecule has 2 aromatic carbocycles. The van der Waals surface area contributed by atoms with Crippen molar-refractivity contribution in [1.82, 2.24) is 0 Å². The molecule has 0 fully saturated rings. The normalized spacial score (nSPS) is 12.0. The molecule has 0 amide bonds. The van der Waals surface area contributed by atoms with E-state index in [1.807, 2.05) is 19.1 Å². The first-order valence-corrected chi connectivity index (χ1v) is 6.72. The number of phenols is 1. The minimum Gasteiger partial charge on any atom is -0.507 e. The smallest absolute Gasteiger partial charge is 0.339 e. The fourth-order valence-corrected chi connectivity index (χ4v) is 2.40. The SMILES string of the molecule is COc1ccc(C(=O)O)c(O)c1C(C)c1ccc(Cl)cc1. The van der Waals surface area contributed by atoms with Gasteiger partial charge in [-0.25, -0.2) is 4.79 Å². The highest BCUT2D eigenvalue weighted by Crippen LogP contribution is 2.40. The monoisotopic (exact) mass is 306 g/mol. The number of carbonyl (C=O) groups is 1. The zero-order valence-corrected chi connectivity index (χ0v) is 12.4. The summed E-state index contributed by atoms with van der Waals surface area (Å²) in [6.45, 7) is 1.87. The fraction of sp³-hybridized carbons (Fsp3) is 0.188. The lowest BCUT2D eigenvalue weighted by Gasteiger charge is -2.19. The van der Waals surface area contributed by atoms with E-state index in [1.54, 1.807) is 18.2 Å². The Labute approximate surface area is 127 Å². The van der Waals surface area contributed by atoms with Gasteiger partial charge in [0.05, 0.1) is 7.11 Å². The van der Waals surface area contributed by atoms with Gasteiger partial charge in [-0.2, -0.15) is 0 Å². The molecule has 0 aromatic heterocycles. The molecule has 21 heavy (non-hydrogen) atoms. The molecule has 0 heterocycles. The third-order valence-electron chi connectivity index (χ3n) is 3.43. The van der Waals surface area contributed by atoms with E-state index in [2.05, 4.69) is 0 Å². The van der Waals surface area contributed by atoms with Crippen molar-refractivity contribution in [3.63, 3.8) is 0 Å². The van der Waals surface area contributed by atoms with Crippen molar-refractivity contribution < 1.29 is 19.7 Å². The molecule has 0 saturated heterocycles. The van der Waals surface area contributed by atoms with Gasteiger partial charge in [0.1, 0.15) is 17.1 Å². The van der Waals surface area contributed by atoms with Crippen molar-refractivity contribution in [2.75, 3.05) is 7.11 Å². The van der Waals surface area contributed by atoms with Gasteiger partial charge < -0.3 is 14.9 Å². The maximum Gasteiger partial charge on any atom is 0.339 e. The van der Waals surface area contributed by atoms with Crippen LogP contribution in [0, 0.1) is 0 Å². The van der Waals surface area contributed by atoms with Crippen LogP contribution in [-0.4, -0.2) is 23.3 Å². The zero-order valence-electron chi connectivity index (χ0n) is 11.6. The molecule has 0 bridgehead atoms. The van der Waals surface area contributed by atoms with E-state index in [-0.39, 0.29) is 17.2 Å². The summed E-state index contributed by atoms with van der Waals surface area (Å²) in [4.78, 5) is 11.2. The van der Waals surface area contributed by atoms with E-state index < -0.39 is 5.97 Å². The Bertz CT molecular complexity index is 665. The first kappa shape index (κ1) is 15.2. The molecule has 0 aliphatic rings. The van der Waals surface area contributed by atoms with Gasteiger partial charge in [-0.05, 0) is 29.8 Å². The van der Waals surface area contributed by atoms with Crippen LogP contribution in [0.4, 0.5) is 0 Å². The lowest BCUT2D eigenvalue weighted by atomic mass is 9.90. The number of carboxylic acid groups (broad SMARTS) is 1. The van der Waals surface area contributed by atoms with Crippen LogP contribution in [-0.2, 0) is 0 Å². The topological polar surface area (TPSA) is 66.8 Å². The number of aromatic hydroxyl groups is 1. The Morgan fingerprint density at radius 1 is 1.19 bits per heavy atom. The molecule has 4 nitrogen and oxygen atoms in total. The zero-order chi connectivity index (χ0) is 15.6. The van der Waals surface area contributed by atoms with Crippen LogP contribution < -0.4 is 4.74 Å². The molecule has 0 radical (unpaired) electrons. The van der Waals surface area contributed by atoms with E-state index in [1.165, 1.54) is 13.2 Å². The maximum absolute atomic E-state index is 11.2. The fourth-order valence-electron chi connectivity index (χ4n) is 2.28.